The second kappa shape index (κ2) is 5.89. The fourth-order valence-corrected chi connectivity index (χ4v) is 2.88. The van der Waals surface area contributed by atoms with E-state index < -0.39 is 0 Å². The molecular formula is C15H17BrN4. The van der Waals surface area contributed by atoms with Gasteiger partial charge in [0, 0.05) is 21.3 Å². The Morgan fingerprint density at radius 1 is 1.00 bits per heavy atom. The highest BCUT2D eigenvalue weighted by molar-refractivity contribution is 9.10. The first-order valence-corrected chi connectivity index (χ1v) is 7.69. The predicted molar refractivity (Wildman–Crippen MR) is 84.2 cm³/mol. The van der Waals surface area contributed by atoms with Gasteiger partial charge in [-0.2, -0.15) is 0 Å². The summed E-state index contributed by atoms with van der Waals surface area (Å²) >= 11 is 3.44. The maximum atomic E-state index is 5.65. The number of anilines is 1. The first-order chi connectivity index (χ1) is 9.78. The molecule has 104 valence electrons. The number of rotatable bonds is 2. The first kappa shape index (κ1) is 13.5. The van der Waals surface area contributed by atoms with Gasteiger partial charge in [-0.25, -0.2) is 15.8 Å². The number of benzene rings is 1. The van der Waals surface area contributed by atoms with E-state index in [1.54, 1.807) is 0 Å². The number of hydrazine groups is 1. The van der Waals surface area contributed by atoms with Crippen molar-refractivity contribution in [2.75, 3.05) is 5.43 Å². The zero-order valence-corrected chi connectivity index (χ0v) is 12.8. The van der Waals surface area contributed by atoms with Gasteiger partial charge in [-0.05, 0) is 37.8 Å². The number of nitrogen functional groups attached to an aromatic ring is 1. The van der Waals surface area contributed by atoms with Crippen molar-refractivity contribution in [2.24, 2.45) is 5.84 Å². The topological polar surface area (TPSA) is 63.8 Å². The largest absolute Gasteiger partial charge is 0.308 e. The number of aryl methyl sites for hydroxylation is 1. The summed E-state index contributed by atoms with van der Waals surface area (Å²) in [5, 5.41) is 0. The molecule has 1 aromatic heterocycles. The summed E-state index contributed by atoms with van der Waals surface area (Å²) in [7, 11) is 0. The average molecular weight is 333 g/mol. The van der Waals surface area contributed by atoms with Gasteiger partial charge in [-0.15, -0.1) is 0 Å². The number of hydrogen-bond donors (Lipinski definition) is 2. The Hall–Kier alpha value is -1.46. The average Bonchev–Trinajstić information content (AvgIpc) is 2.72. The Labute approximate surface area is 126 Å². The SMILES string of the molecule is NNc1nc(-c2ccc(Br)cc2)nc2c1CCCCC2. The molecule has 1 aliphatic rings. The van der Waals surface area contributed by atoms with Crippen molar-refractivity contribution in [2.45, 2.75) is 32.1 Å². The van der Waals surface area contributed by atoms with Gasteiger partial charge in [-0.3, -0.25) is 0 Å². The molecule has 1 aliphatic carbocycles. The molecule has 5 heteroatoms. The molecule has 0 aliphatic heterocycles. The molecule has 1 aromatic carbocycles. The third-order valence-corrected chi connectivity index (χ3v) is 4.20. The maximum absolute atomic E-state index is 5.65. The molecule has 0 saturated heterocycles. The fraction of sp³-hybridized carbons (Fsp3) is 0.333. The zero-order valence-electron chi connectivity index (χ0n) is 11.2. The third-order valence-electron chi connectivity index (χ3n) is 3.67. The Kier molecular flexibility index (Phi) is 3.98. The van der Waals surface area contributed by atoms with E-state index in [-0.39, 0.29) is 0 Å². The Morgan fingerprint density at radius 3 is 2.50 bits per heavy atom. The van der Waals surface area contributed by atoms with Gasteiger partial charge in [-0.1, -0.05) is 34.5 Å². The van der Waals surface area contributed by atoms with Crippen LogP contribution in [-0.4, -0.2) is 9.97 Å². The molecule has 0 fully saturated rings. The highest BCUT2D eigenvalue weighted by Gasteiger charge is 2.16. The lowest BCUT2D eigenvalue weighted by molar-refractivity contribution is 0.709. The molecule has 0 spiro atoms. The second-order valence-corrected chi connectivity index (χ2v) is 5.95. The molecule has 1 heterocycles. The predicted octanol–water partition coefficient (Wildman–Crippen LogP) is 3.46. The molecule has 3 N–H and O–H groups in total. The standard InChI is InChI=1S/C15H17BrN4/c16-11-8-6-10(7-9-11)14-18-13-5-3-1-2-4-12(13)15(19-14)20-17/h6-9H,1-5,17H2,(H,18,19,20). The number of nitrogens with zero attached hydrogens (tertiary/aromatic N) is 2. The molecule has 0 saturated carbocycles. The van der Waals surface area contributed by atoms with Crippen molar-refractivity contribution >= 4 is 21.7 Å². The van der Waals surface area contributed by atoms with Gasteiger partial charge in [0.1, 0.15) is 5.82 Å². The molecule has 0 radical (unpaired) electrons. The van der Waals surface area contributed by atoms with Crippen LogP contribution in [0.2, 0.25) is 0 Å². The quantitative estimate of drug-likeness (QED) is 0.502. The van der Waals surface area contributed by atoms with Gasteiger partial charge in [0.05, 0.1) is 0 Å². The Balaban J connectivity index is 2.08. The Morgan fingerprint density at radius 2 is 1.75 bits per heavy atom. The van der Waals surface area contributed by atoms with E-state index >= 15 is 0 Å². The van der Waals surface area contributed by atoms with Crippen molar-refractivity contribution in [1.82, 2.24) is 9.97 Å². The Bertz CT molecular complexity index is 610. The van der Waals surface area contributed by atoms with Gasteiger partial charge >= 0.3 is 0 Å². The molecule has 4 nitrogen and oxygen atoms in total. The van der Waals surface area contributed by atoms with E-state index in [1.165, 1.54) is 24.8 Å². The molecule has 0 atom stereocenters. The van der Waals surface area contributed by atoms with E-state index in [2.05, 4.69) is 26.3 Å². The number of nitrogens with two attached hydrogens (primary N) is 1. The molecular weight excluding hydrogens is 316 g/mol. The highest BCUT2D eigenvalue weighted by Crippen LogP contribution is 2.27. The lowest BCUT2D eigenvalue weighted by Crippen LogP contribution is -2.14. The fourth-order valence-electron chi connectivity index (χ4n) is 2.62. The first-order valence-electron chi connectivity index (χ1n) is 6.90. The number of hydrogen-bond acceptors (Lipinski definition) is 4. The van der Waals surface area contributed by atoms with Gasteiger partial charge in [0.2, 0.25) is 0 Å². The normalized spacial score (nSPS) is 14.5. The third kappa shape index (κ3) is 2.69. The van der Waals surface area contributed by atoms with Gasteiger partial charge < -0.3 is 5.43 Å². The van der Waals surface area contributed by atoms with Crippen LogP contribution in [0, 0.1) is 0 Å². The van der Waals surface area contributed by atoms with E-state index in [0.29, 0.717) is 0 Å². The van der Waals surface area contributed by atoms with Crippen LogP contribution in [0.4, 0.5) is 5.82 Å². The maximum Gasteiger partial charge on any atom is 0.161 e. The molecule has 0 bridgehead atoms. The van der Waals surface area contributed by atoms with Crippen molar-refractivity contribution in [1.29, 1.82) is 0 Å². The lowest BCUT2D eigenvalue weighted by Gasteiger charge is -2.12. The van der Waals surface area contributed by atoms with Crippen LogP contribution in [0.25, 0.3) is 11.4 Å². The zero-order chi connectivity index (χ0) is 13.9. The highest BCUT2D eigenvalue weighted by atomic mass is 79.9. The van der Waals surface area contributed by atoms with Gasteiger partial charge in [0.25, 0.3) is 0 Å². The summed E-state index contributed by atoms with van der Waals surface area (Å²) in [5.41, 5.74) is 6.08. The van der Waals surface area contributed by atoms with Crippen LogP contribution < -0.4 is 11.3 Å². The summed E-state index contributed by atoms with van der Waals surface area (Å²) < 4.78 is 1.05. The summed E-state index contributed by atoms with van der Waals surface area (Å²) in [6.45, 7) is 0. The monoisotopic (exact) mass is 332 g/mol. The van der Waals surface area contributed by atoms with Crippen LogP contribution in [0.1, 0.15) is 30.5 Å². The van der Waals surface area contributed by atoms with E-state index in [1.807, 2.05) is 24.3 Å². The minimum absolute atomic E-state index is 0.742. The minimum Gasteiger partial charge on any atom is -0.308 e. The van der Waals surface area contributed by atoms with E-state index in [9.17, 15) is 0 Å². The van der Waals surface area contributed by atoms with Crippen LogP contribution in [-0.2, 0) is 12.8 Å². The van der Waals surface area contributed by atoms with Crippen molar-refractivity contribution in [3.8, 4) is 11.4 Å². The smallest absolute Gasteiger partial charge is 0.161 e. The number of aromatic nitrogens is 2. The molecule has 0 unspecified atom stereocenters. The second-order valence-electron chi connectivity index (χ2n) is 5.03. The van der Waals surface area contributed by atoms with E-state index in [4.69, 9.17) is 10.8 Å². The summed E-state index contributed by atoms with van der Waals surface area (Å²) in [6.07, 6.45) is 5.63. The van der Waals surface area contributed by atoms with E-state index in [0.717, 1.165) is 40.2 Å². The van der Waals surface area contributed by atoms with Crippen LogP contribution >= 0.6 is 15.9 Å². The van der Waals surface area contributed by atoms with Crippen molar-refractivity contribution in [3.05, 3.63) is 40.0 Å². The lowest BCUT2D eigenvalue weighted by atomic mass is 10.1. The molecule has 0 amide bonds. The van der Waals surface area contributed by atoms with Crippen molar-refractivity contribution in [3.63, 3.8) is 0 Å². The summed E-state index contributed by atoms with van der Waals surface area (Å²) in [4.78, 5) is 9.34. The molecule has 3 rings (SSSR count). The van der Waals surface area contributed by atoms with Crippen molar-refractivity contribution < 1.29 is 0 Å². The number of nitrogens with one attached hydrogen (secondary N) is 1. The van der Waals surface area contributed by atoms with Gasteiger partial charge in [0.15, 0.2) is 5.82 Å². The number of fused-ring (bicyclic) bond motifs is 1. The number of halogens is 1. The minimum atomic E-state index is 0.742. The van der Waals surface area contributed by atoms with Crippen LogP contribution in [0.5, 0.6) is 0 Å². The molecule has 20 heavy (non-hydrogen) atoms. The van der Waals surface area contributed by atoms with Crippen LogP contribution in [0.3, 0.4) is 0 Å². The summed E-state index contributed by atoms with van der Waals surface area (Å²) in [5.74, 6) is 7.16. The summed E-state index contributed by atoms with van der Waals surface area (Å²) in [6, 6.07) is 8.03. The molecule has 2 aromatic rings. The van der Waals surface area contributed by atoms with Crippen LogP contribution in [0.15, 0.2) is 28.7 Å².